The van der Waals surface area contributed by atoms with Crippen LogP contribution in [0.2, 0.25) is 0 Å². The first-order valence-corrected chi connectivity index (χ1v) is 8.19. The number of hydrogen-bond acceptors (Lipinski definition) is 4. The SMILES string of the molecule is CC(=CC(=O)O)c1ccc(OCc2nc(-c3ccccc3)oc2C)cc1. The summed E-state index contributed by atoms with van der Waals surface area (Å²) in [5, 5.41) is 8.80. The Morgan fingerprint density at radius 1 is 1.15 bits per heavy atom. The molecule has 2 aromatic carbocycles. The zero-order chi connectivity index (χ0) is 18.5. The van der Waals surface area contributed by atoms with Gasteiger partial charge in [0.15, 0.2) is 0 Å². The molecule has 0 radical (unpaired) electrons. The summed E-state index contributed by atoms with van der Waals surface area (Å²) >= 11 is 0. The number of aromatic nitrogens is 1. The first-order valence-electron chi connectivity index (χ1n) is 8.19. The number of ether oxygens (including phenoxy) is 1. The Kier molecular flexibility index (Phi) is 5.17. The van der Waals surface area contributed by atoms with Gasteiger partial charge < -0.3 is 14.3 Å². The minimum atomic E-state index is -0.960. The summed E-state index contributed by atoms with van der Waals surface area (Å²) in [6, 6.07) is 17.0. The molecule has 0 bridgehead atoms. The Morgan fingerprint density at radius 2 is 1.85 bits per heavy atom. The summed E-state index contributed by atoms with van der Waals surface area (Å²) in [5.74, 6) is 1.02. The van der Waals surface area contributed by atoms with Crippen LogP contribution in [0.15, 0.2) is 65.1 Å². The minimum absolute atomic E-state index is 0.297. The molecule has 0 saturated carbocycles. The second-order valence-corrected chi connectivity index (χ2v) is 5.87. The van der Waals surface area contributed by atoms with E-state index in [0.717, 1.165) is 22.6 Å². The van der Waals surface area contributed by atoms with E-state index in [1.807, 2.05) is 61.5 Å². The summed E-state index contributed by atoms with van der Waals surface area (Å²) in [6.07, 6.45) is 1.18. The van der Waals surface area contributed by atoms with Gasteiger partial charge in [0.2, 0.25) is 5.89 Å². The van der Waals surface area contributed by atoms with Gasteiger partial charge in [-0.25, -0.2) is 9.78 Å². The Hall–Kier alpha value is -3.34. The van der Waals surface area contributed by atoms with Crippen molar-refractivity contribution in [2.45, 2.75) is 20.5 Å². The van der Waals surface area contributed by atoms with Crippen LogP contribution in [0, 0.1) is 6.92 Å². The molecule has 0 aliphatic carbocycles. The summed E-state index contributed by atoms with van der Waals surface area (Å²) in [7, 11) is 0. The van der Waals surface area contributed by atoms with Gasteiger partial charge in [-0.2, -0.15) is 0 Å². The zero-order valence-corrected chi connectivity index (χ0v) is 14.6. The number of carboxylic acids is 1. The van der Waals surface area contributed by atoms with Crippen LogP contribution < -0.4 is 4.74 Å². The lowest BCUT2D eigenvalue weighted by molar-refractivity contribution is -0.131. The molecular weight excluding hydrogens is 330 g/mol. The lowest BCUT2D eigenvalue weighted by Crippen LogP contribution is -1.98. The number of aliphatic carboxylic acids is 1. The third-order valence-electron chi connectivity index (χ3n) is 3.94. The van der Waals surface area contributed by atoms with Crippen molar-refractivity contribution in [1.82, 2.24) is 4.98 Å². The predicted molar refractivity (Wildman–Crippen MR) is 98.7 cm³/mol. The molecule has 0 amide bonds. The van der Waals surface area contributed by atoms with Crippen LogP contribution in [0.3, 0.4) is 0 Å². The quantitative estimate of drug-likeness (QED) is 0.652. The maximum atomic E-state index is 10.7. The van der Waals surface area contributed by atoms with Crippen LogP contribution in [0.1, 0.15) is 23.9 Å². The first kappa shape index (κ1) is 17.5. The molecule has 132 valence electrons. The summed E-state index contributed by atoms with van der Waals surface area (Å²) in [4.78, 5) is 15.2. The van der Waals surface area contributed by atoms with E-state index in [2.05, 4.69) is 4.98 Å². The Labute approximate surface area is 151 Å². The van der Waals surface area contributed by atoms with E-state index >= 15 is 0 Å². The smallest absolute Gasteiger partial charge is 0.328 e. The molecule has 0 spiro atoms. The second-order valence-electron chi connectivity index (χ2n) is 5.87. The average Bonchev–Trinajstić information content (AvgIpc) is 3.01. The number of oxazole rings is 1. The highest BCUT2D eigenvalue weighted by atomic mass is 16.5. The number of allylic oxidation sites excluding steroid dienone is 1. The van der Waals surface area contributed by atoms with Crippen molar-refractivity contribution in [3.05, 3.63) is 77.7 Å². The van der Waals surface area contributed by atoms with Gasteiger partial charge in [-0.05, 0) is 49.2 Å². The van der Waals surface area contributed by atoms with Crippen LogP contribution in [0.5, 0.6) is 5.75 Å². The van der Waals surface area contributed by atoms with Gasteiger partial charge in [-0.3, -0.25) is 0 Å². The first-order chi connectivity index (χ1) is 12.5. The van der Waals surface area contributed by atoms with E-state index in [0.29, 0.717) is 23.8 Å². The number of benzene rings is 2. The molecular formula is C21H19NO4. The molecule has 0 aliphatic rings. The topological polar surface area (TPSA) is 72.6 Å². The van der Waals surface area contributed by atoms with Crippen molar-refractivity contribution in [2.75, 3.05) is 0 Å². The van der Waals surface area contributed by atoms with Gasteiger partial charge in [0, 0.05) is 11.6 Å². The normalized spacial score (nSPS) is 11.4. The van der Waals surface area contributed by atoms with Crippen molar-refractivity contribution in [2.24, 2.45) is 0 Å². The van der Waals surface area contributed by atoms with Gasteiger partial charge in [0.25, 0.3) is 0 Å². The largest absolute Gasteiger partial charge is 0.487 e. The molecule has 0 aliphatic heterocycles. The fourth-order valence-electron chi connectivity index (χ4n) is 2.50. The van der Waals surface area contributed by atoms with E-state index in [-0.39, 0.29) is 0 Å². The standard InChI is InChI=1S/C21H19NO4/c1-14(12-20(23)24)16-8-10-18(11-9-16)25-13-19-15(2)26-21(22-19)17-6-4-3-5-7-17/h3-12H,13H2,1-2H3,(H,23,24). The molecule has 0 fully saturated rings. The number of hydrogen-bond donors (Lipinski definition) is 1. The van der Waals surface area contributed by atoms with Crippen molar-refractivity contribution < 1.29 is 19.1 Å². The van der Waals surface area contributed by atoms with Gasteiger partial charge in [-0.1, -0.05) is 30.3 Å². The van der Waals surface area contributed by atoms with Crippen LogP contribution in [0.25, 0.3) is 17.0 Å². The van der Waals surface area contributed by atoms with Crippen LogP contribution >= 0.6 is 0 Å². The summed E-state index contributed by atoms with van der Waals surface area (Å²) in [5.41, 5.74) is 3.19. The molecule has 0 saturated heterocycles. The van der Waals surface area contributed by atoms with E-state index in [1.54, 1.807) is 6.92 Å². The monoisotopic (exact) mass is 349 g/mol. The predicted octanol–water partition coefficient (Wildman–Crippen LogP) is 4.72. The van der Waals surface area contributed by atoms with Gasteiger partial charge in [-0.15, -0.1) is 0 Å². The minimum Gasteiger partial charge on any atom is -0.487 e. The lowest BCUT2D eigenvalue weighted by Gasteiger charge is -2.06. The van der Waals surface area contributed by atoms with E-state index < -0.39 is 5.97 Å². The summed E-state index contributed by atoms with van der Waals surface area (Å²) < 4.78 is 11.5. The molecule has 3 aromatic rings. The van der Waals surface area contributed by atoms with Crippen molar-refractivity contribution >= 4 is 11.5 Å². The molecule has 5 heteroatoms. The Morgan fingerprint density at radius 3 is 2.50 bits per heavy atom. The second kappa shape index (κ2) is 7.70. The third kappa shape index (κ3) is 4.19. The maximum Gasteiger partial charge on any atom is 0.328 e. The molecule has 26 heavy (non-hydrogen) atoms. The van der Waals surface area contributed by atoms with Crippen LogP contribution in [-0.4, -0.2) is 16.1 Å². The highest BCUT2D eigenvalue weighted by molar-refractivity contribution is 5.89. The summed E-state index contributed by atoms with van der Waals surface area (Å²) in [6.45, 7) is 3.92. The van der Waals surface area contributed by atoms with Crippen molar-refractivity contribution in [3.8, 4) is 17.2 Å². The average molecular weight is 349 g/mol. The fourth-order valence-corrected chi connectivity index (χ4v) is 2.50. The van der Waals surface area contributed by atoms with Gasteiger partial charge in [0.05, 0.1) is 0 Å². The van der Waals surface area contributed by atoms with Gasteiger partial charge >= 0.3 is 5.97 Å². The fraction of sp³-hybridized carbons (Fsp3) is 0.143. The Bertz CT molecular complexity index is 924. The van der Waals surface area contributed by atoms with E-state index in [1.165, 1.54) is 6.08 Å². The highest BCUT2D eigenvalue weighted by Crippen LogP contribution is 2.23. The van der Waals surface area contributed by atoms with E-state index in [9.17, 15) is 4.79 Å². The number of rotatable bonds is 6. The number of nitrogens with zero attached hydrogens (tertiary/aromatic N) is 1. The third-order valence-corrected chi connectivity index (χ3v) is 3.94. The molecule has 1 aromatic heterocycles. The highest BCUT2D eigenvalue weighted by Gasteiger charge is 2.11. The molecule has 0 atom stereocenters. The maximum absolute atomic E-state index is 10.7. The van der Waals surface area contributed by atoms with Gasteiger partial charge in [0.1, 0.15) is 23.8 Å². The van der Waals surface area contributed by atoms with Crippen molar-refractivity contribution in [1.29, 1.82) is 0 Å². The lowest BCUT2D eigenvalue weighted by atomic mass is 10.1. The molecule has 1 N–H and O–H groups in total. The van der Waals surface area contributed by atoms with E-state index in [4.69, 9.17) is 14.3 Å². The molecule has 0 unspecified atom stereocenters. The molecule has 3 rings (SSSR count). The molecule has 1 heterocycles. The Balaban J connectivity index is 1.68. The van der Waals surface area contributed by atoms with Crippen LogP contribution in [0.4, 0.5) is 0 Å². The number of carbonyl (C=O) groups is 1. The molecule has 5 nitrogen and oxygen atoms in total. The number of carboxylic acid groups (broad SMARTS) is 1. The zero-order valence-electron chi connectivity index (χ0n) is 14.6. The number of aryl methyl sites for hydroxylation is 1. The van der Waals surface area contributed by atoms with Crippen molar-refractivity contribution in [3.63, 3.8) is 0 Å². The van der Waals surface area contributed by atoms with Crippen LogP contribution in [-0.2, 0) is 11.4 Å².